The Morgan fingerprint density at radius 2 is 1.69 bits per heavy atom. The Bertz CT molecular complexity index is 1900. The molecule has 4 aromatic rings. The van der Waals surface area contributed by atoms with Crippen LogP contribution in [0.4, 0.5) is 42.3 Å². The van der Waals surface area contributed by atoms with Crippen LogP contribution in [-0.2, 0) is 22.1 Å². The van der Waals surface area contributed by atoms with Gasteiger partial charge in [0.1, 0.15) is 17.8 Å². The first kappa shape index (κ1) is 47.0. The molecule has 0 saturated heterocycles. The number of halogens is 7. The molecule has 0 spiro atoms. The molecule has 1 amide bonds. The minimum Gasteiger partial charge on any atom is -0.383 e. The molecule has 4 N–H and O–H groups in total. The lowest BCUT2D eigenvalue weighted by Gasteiger charge is -2.31. The summed E-state index contributed by atoms with van der Waals surface area (Å²) < 4.78 is 43.8. The van der Waals surface area contributed by atoms with Crippen LogP contribution in [0.15, 0.2) is 36.5 Å². The molecule has 0 bridgehead atoms. The normalized spacial score (nSPS) is 11.8. The van der Waals surface area contributed by atoms with E-state index in [1.54, 1.807) is 12.0 Å². The summed E-state index contributed by atoms with van der Waals surface area (Å²) in [6.45, 7) is 15.3. The summed E-state index contributed by atoms with van der Waals surface area (Å²) in [4.78, 5) is 36.0. The van der Waals surface area contributed by atoms with Crippen molar-refractivity contribution in [3.8, 4) is 5.69 Å². The summed E-state index contributed by atoms with van der Waals surface area (Å²) >= 11 is 23.1. The van der Waals surface area contributed by atoms with Crippen LogP contribution in [0.2, 0.25) is 15.3 Å². The molecule has 1 atom stereocenters. The summed E-state index contributed by atoms with van der Waals surface area (Å²) in [5.41, 5.74) is 6.89. The number of hydrogen-bond donors (Lipinski definition) is 3. The minimum atomic E-state index is -4.63. The zero-order valence-electron chi connectivity index (χ0n) is 31.4. The number of para-hydroxylation sites is 1. The van der Waals surface area contributed by atoms with E-state index in [4.69, 9.17) is 56.9 Å². The van der Waals surface area contributed by atoms with Gasteiger partial charge in [0.25, 0.3) is 0 Å². The quantitative estimate of drug-likeness (QED) is 0.0745. The Hall–Kier alpha value is -4.16. The maximum absolute atomic E-state index is 12.6. The van der Waals surface area contributed by atoms with E-state index in [9.17, 15) is 28.1 Å². The smallest absolute Gasteiger partial charge is 0.383 e. The molecule has 2 aromatic carbocycles. The Morgan fingerprint density at radius 1 is 1.09 bits per heavy atom. The molecule has 14 nitrogen and oxygen atoms in total. The van der Waals surface area contributed by atoms with E-state index in [2.05, 4.69) is 43.7 Å². The molecule has 0 aliphatic carbocycles. The second kappa shape index (κ2) is 20.7. The number of carbonyl (C=O) groups excluding carboxylic acids is 1. The number of nitrogens with zero attached hydrogens (tertiary/aromatic N) is 7. The fraction of sp³-hybridized carbons (Fsp3) is 0.441. The second-order valence-corrected chi connectivity index (χ2v) is 14.1. The Balaban J connectivity index is 0.000000289. The third-order valence-corrected chi connectivity index (χ3v) is 8.12. The number of aryl methyl sites for hydroxylation is 2. The van der Waals surface area contributed by atoms with Gasteiger partial charge in [-0.3, -0.25) is 14.9 Å². The molecule has 0 radical (unpaired) electrons. The van der Waals surface area contributed by atoms with Crippen LogP contribution in [0.5, 0.6) is 0 Å². The van der Waals surface area contributed by atoms with Crippen molar-refractivity contribution < 1.29 is 27.6 Å². The topological polar surface area (TPSA) is 179 Å². The van der Waals surface area contributed by atoms with E-state index >= 15 is 0 Å². The van der Waals surface area contributed by atoms with Crippen molar-refractivity contribution in [1.29, 1.82) is 0 Å². The average molecular weight is 855 g/mol. The number of nitrogen functional groups attached to an aromatic ring is 1. The number of aromatic nitrogens is 5. The number of methoxy groups -OCH3 is 1. The first-order chi connectivity index (χ1) is 25.6. The minimum absolute atomic E-state index is 0.0223. The number of carbonyl (C=O) groups is 1. The number of alkyl halides is 4. The maximum Gasteiger partial charge on any atom is 0.416 e. The highest BCUT2D eigenvalue weighted by Gasteiger charge is 2.33. The lowest BCUT2D eigenvalue weighted by atomic mass is 10.0. The van der Waals surface area contributed by atoms with Crippen molar-refractivity contribution in [3.63, 3.8) is 0 Å². The number of benzene rings is 2. The number of hydrogen-bond acceptors (Lipinski definition) is 11. The van der Waals surface area contributed by atoms with Gasteiger partial charge in [-0.2, -0.15) is 33.2 Å². The second-order valence-electron chi connectivity index (χ2n) is 12.7. The molecule has 1 unspecified atom stereocenters. The number of nitrogens with two attached hydrogens (primary N) is 1. The van der Waals surface area contributed by atoms with Crippen LogP contribution >= 0.6 is 46.4 Å². The first-order valence-electron chi connectivity index (χ1n) is 16.5. The number of amides is 1. The van der Waals surface area contributed by atoms with Crippen LogP contribution in [0.25, 0.3) is 5.69 Å². The van der Waals surface area contributed by atoms with Gasteiger partial charge in [0.05, 0.1) is 38.9 Å². The summed E-state index contributed by atoms with van der Waals surface area (Å²) in [5, 5.41) is 19.8. The Kier molecular flexibility index (Phi) is 17.7. The monoisotopic (exact) mass is 852 g/mol. The molecular weight excluding hydrogens is 811 g/mol. The molecule has 21 heteroatoms. The van der Waals surface area contributed by atoms with Crippen molar-refractivity contribution in [2.75, 3.05) is 47.4 Å². The van der Waals surface area contributed by atoms with E-state index in [-0.39, 0.29) is 44.4 Å². The lowest BCUT2D eigenvalue weighted by molar-refractivity contribution is -0.383. The van der Waals surface area contributed by atoms with E-state index < -0.39 is 28.2 Å². The van der Waals surface area contributed by atoms with Gasteiger partial charge in [0.2, 0.25) is 28.9 Å². The molecule has 55 heavy (non-hydrogen) atoms. The molecule has 2 heterocycles. The highest BCUT2D eigenvalue weighted by Crippen LogP contribution is 2.39. The van der Waals surface area contributed by atoms with E-state index in [1.165, 1.54) is 0 Å². The van der Waals surface area contributed by atoms with Gasteiger partial charge in [-0.05, 0) is 82.8 Å². The Morgan fingerprint density at radius 3 is 2.16 bits per heavy atom. The third-order valence-electron chi connectivity index (χ3n) is 7.14. The molecule has 0 saturated carbocycles. The molecule has 4 rings (SSSR count). The van der Waals surface area contributed by atoms with Gasteiger partial charge in [0, 0.05) is 19.2 Å². The molecule has 0 fully saturated rings. The van der Waals surface area contributed by atoms with E-state index in [0.717, 1.165) is 40.7 Å². The van der Waals surface area contributed by atoms with Crippen molar-refractivity contribution >= 4 is 81.4 Å². The van der Waals surface area contributed by atoms with Gasteiger partial charge in [-0.25, -0.2) is 4.68 Å². The highest BCUT2D eigenvalue weighted by atomic mass is 35.5. The Labute approximate surface area is 337 Å². The fourth-order valence-electron chi connectivity index (χ4n) is 4.90. The predicted molar refractivity (Wildman–Crippen MR) is 212 cm³/mol. The fourth-order valence-corrected chi connectivity index (χ4v) is 5.84. The van der Waals surface area contributed by atoms with E-state index in [1.807, 2.05) is 53.7 Å². The van der Waals surface area contributed by atoms with Gasteiger partial charge < -0.3 is 26.0 Å². The number of rotatable bonds is 11. The molecular formula is C34H43Cl4F3N10O4. The van der Waals surface area contributed by atoms with Gasteiger partial charge in [0.15, 0.2) is 0 Å². The van der Waals surface area contributed by atoms with Crippen LogP contribution in [0.3, 0.4) is 0 Å². The SMILES string of the molecule is CCNc1nc(Cl)nc(NC(C)(C)C)n1.CCc1cccc(C)c1N(C(=O)CCl)C(C)COC.Nc1c([N+](=O)[O-])cnn1-c1c(Cl)cc(C(F)(F)F)cc1Cl. The van der Waals surface area contributed by atoms with Crippen molar-refractivity contribution in [2.45, 2.75) is 72.6 Å². The number of ether oxygens (including phenoxy) is 1. The lowest BCUT2D eigenvalue weighted by Crippen LogP contribution is -2.43. The van der Waals surface area contributed by atoms with Gasteiger partial charge >= 0.3 is 11.9 Å². The molecule has 302 valence electrons. The van der Waals surface area contributed by atoms with Crippen LogP contribution < -0.4 is 21.3 Å². The first-order valence-corrected chi connectivity index (χ1v) is 18.2. The zero-order chi connectivity index (χ0) is 41.8. The average Bonchev–Trinajstić information content (AvgIpc) is 3.45. The van der Waals surface area contributed by atoms with Gasteiger partial charge in [-0.1, -0.05) is 48.3 Å². The standard InChI is InChI=1S/C15H22ClNO2.C10H5Cl2F3N4O2.C9H16ClN5/c1-5-13-8-6-7-11(2)15(13)17(14(18)9-16)12(3)10-19-4;11-5-1-4(10(13,14)15)2-6(12)8(5)18-9(16)7(3-17-18)19(20)21;1-5-11-7-12-6(10)13-8(14-7)15-9(2,3)4/h6-8,12H,5,9-10H2,1-4H3;1-3H,16H2;5H2,1-4H3,(H2,11,12,13,14,15). The maximum atomic E-state index is 12.6. The molecule has 0 aliphatic heterocycles. The number of nitrogens with one attached hydrogen (secondary N) is 2. The number of nitro groups is 1. The molecule has 0 aliphatic rings. The van der Waals surface area contributed by atoms with E-state index in [0.29, 0.717) is 30.6 Å². The third kappa shape index (κ3) is 13.5. The van der Waals surface area contributed by atoms with Crippen LogP contribution in [-0.4, -0.2) is 73.3 Å². The highest BCUT2D eigenvalue weighted by molar-refractivity contribution is 6.38. The van der Waals surface area contributed by atoms with Crippen LogP contribution in [0, 0.1) is 17.0 Å². The number of anilines is 4. The van der Waals surface area contributed by atoms with Crippen molar-refractivity contribution in [2.24, 2.45) is 0 Å². The summed E-state index contributed by atoms with van der Waals surface area (Å²) in [5.74, 6) is 0.465. The summed E-state index contributed by atoms with van der Waals surface area (Å²) in [7, 11) is 1.64. The predicted octanol–water partition coefficient (Wildman–Crippen LogP) is 9.02. The largest absolute Gasteiger partial charge is 0.416 e. The zero-order valence-corrected chi connectivity index (χ0v) is 34.4. The summed E-state index contributed by atoms with van der Waals surface area (Å²) in [6, 6.07) is 7.31. The molecule has 2 aromatic heterocycles. The van der Waals surface area contributed by atoms with Gasteiger partial charge in [-0.15, -0.1) is 11.6 Å². The van der Waals surface area contributed by atoms with Crippen molar-refractivity contribution in [1.82, 2.24) is 24.7 Å². The summed E-state index contributed by atoms with van der Waals surface area (Å²) in [6.07, 6.45) is -2.91. The van der Waals surface area contributed by atoms with Crippen molar-refractivity contribution in [3.05, 3.63) is 78.7 Å². The van der Waals surface area contributed by atoms with Crippen LogP contribution in [0.1, 0.15) is 58.2 Å².